The highest BCUT2D eigenvalue weighted by Gasteiger charge is 2.67. The standard InChI is InChI=1S/C17H21NO2/c1-9(19)12-4-2-3-5-13(12)18-17(20)16-14-10-6-7-11(8-10)15(14)16/h2-5,9-11,14-16,19H,6-8H2,1H3,(H,18,20). The van der Waals surface area contributed by atoms with Crippen LogP contribution in [0, 0.1) is 29.6 Å². The van der Waals surface area contributed by atoms with Crippen molar-refractivity contribution in [1.29, 1.82) is 0 Å². The molecule has 3 aliphatic carbocycles. The highest BCUT2D eigenvalue weighted by atomic mass is 16.3. The van der Waals surface area contributed by atoms with Gasteiger partial charge in [-0.1, -0.05) is 18.2 Å². The molecular formula is C17H21NO2. The molecule has 5 unspecified atom stereocenters. The van der Waals surface area contributed by atoms with E-state index in [9.17, 15) is 9.90 Å². The number of para-hydroxylation sites is 1. The first-order valence-electron chi connectivity index (χ1n) is 7.74. The van der Waals surface area contributed by atoms with Crippen LogP contribution in [0.15, 0.2) is 24.3 Å². The molecule has 20 heavy (non-hydrogen) atoms. The minimum atomic E-state index is -0.554. The SMILES string of the molecule is CC(O)c1ccccc1NC(=O)C1C2C3CCC(C3)C12. The van der Waals surface area contributed by atoms with E-state index >= 15 is 0 Å². The number of amides is 1. The average molecular weight is 271 g/mol. The summed E-state index contributed by atoms with van der Waals surface area (Å²) in [5.74, 6) is 3.36. The number of aliphatic hydroxyl groups excluding tert-OH is 1. The Kier molecular flexibility index (Phi) is 2.68. The zero-order valence-corrected chi connectivity index (χ0v) is 11.8. The Labute approximate surface area is 119 Å². The van der Waals surface area contributed by atoms with Crippen LogP contribution in [0.5, 0.6) is 0 Å². The number of anilines is 1. The number of aliphatic hydroxyl groups is 1. The first-order chi connectivity index (χ1) is 9.66. The van der Waals surface area contributed by atoms with Gasteiger partial charge in [0.25, 0.3) is 0 Å². The molecule has 0 aliphatic heterocycles. The first-order valence-corrected chi connectivity index (χ1v) is 7.74. The molecule has 3 heteroatoms. The fraction of sp³-hybridized carbons (Fsp3) is 0.588. The van der Waals surface area contributed by atoms with Crippen LogP contribution in [0.1, 0.15) is 37.9 Å². The minimum absolute atomic E-state index is 0.171. The van der Waals surface area contributed by atoms with Crippen molar-refractivity contribution < 1.29 is 9.90 Å². The summed E-state index contributed by atoms with van der Waals surface area (Å²) in [7, 11) is 0. The largest absolute Gasteiger partial charge is 0.389 e. The molecule has 2 N–H and O–H groups in total. The molecule has 0 radical (unpaired) electrons. The molecule has 0 aromatic heterocycles. The summed E-state index contributed by atoms with van der Waals surface area (Å²) in [5, 5.41) is 12.8. The summed E-state index contributed by atoms with van der Waals surface area (Å²) in [6, 6.07) is 7.55. The fourth-order valence-corrected chi connectivity index (χ4v) is 4.87. The van der Waals surface area contributed by atoms with Crippen LogP contribution in [0.3, 0.4) is 0 Å². The highest BCUT2D eigenvalue weighted by Crippen LogP contribution is 2.69. The third kappa shape index (κ3) is 1.72. The normalized spacial score (nSPS) is 38.4. The molecule has 1 aromatic carbocycles. The van der Waals surface area contributed by atoms with Crippen molar-refractivity contribution >= 4 is 11.6 Å². The number of fused-ring (bicyclic) bond motifs is 5. The predicted molar refractivity (Wildman–Crippen MR) is 77.0 cm³/mol. The number of hydrogen-bond donors (Lipinski definition) is 2. The topological polar surface area (TPSA) is 49.3 Å². The molecule has 2 bridgehead atoms. The van der Waals surface area contributed by atoms with E-state index < -0.39 is 6.10 Å². The number of nitrogens with one attached hydrogen (secondary N) is 1. The van der Waals surface area contributed by atoms with E-state index in [1.54, 1.807) is 6.92 Å². The summed E-state index contributed by atoms with van der Waals surface area (Å²) >= 11 is 0. The van der Waals surface area contributed by atoms with Gasteiger partial charge in [-0.05, 0) is 55.9 Å². The highest BCUT2D eigenvalue weighted by molar-refractivity contribution is 5.95. The quantitative estimate of drug-likeness (QED) is 0.888. The molecule has 5 atom stereocenters. The minimum Gasteiger partial charge on any atom is -0.389 e. The second-order valence-corrected chi connectivity index (χ2v) is 6.77. The van der Waals surface area contributed by atoms with Gasteiger partial charge in [0, 0.05) is 17.2 Å². The lowest BCUT2D eigenvalue weighted by Gasteiger charge is -2.14. The van der Waals surface area contributed by atoms with Crippen LogP contribution >= 0.6 is 0 Å². The van der Waals surface area contributed by atoms with Crippen LogP contribution in [0.25, 0.3) is 0 Å². The predicted octanol–water partition coefficient (Wildman–Crippen LogP) is 2.97. The summed E-state index contributed by atoms with van der Waals surface area (Å²) in [4.78, 5) is 12.5. The van der Waals surface area contributed by atoms with Gasteiger partial charge in [-0.25, -0.2) is 0 Å². The summed E-state index contributed by atoms with van der Waals surface area (Å²) < 4.78 is 0. The second kappa shape index (κ2) is 4.32. The monoisotopic (exact) mass is 271 g/mol. The Morgan fingerprint density at radius 1 is 1.25 bits per heavy atom. The number of hydrogen-bond acceptors (Lipinski definition) is 2. The lowest BCUT2D eigenvalue weighted by molar-refractivity contribution is -0.118. The Hall–Kier alpha value is -1.35. The molecule has 4 rings (SSSR count). The van der Waals surface area contributed by atoms with Gasteiger partial charge in [0.05, 0.1) is 6.10 Å². The van der Waals surface area contributed by atoms with Crippen molar-refractivity contribution in [2.45, 2.75) is 32.3 Å². The smallest absolute Gasteiger partial charge is 0.228 e. The lowest BCUT2D eigenvalue weighted by atomic mass is 10.0. The van der Waals surface area contributed by atoms with Crippen molar-refractivity contribution in [3.8, 4) is 0 Å². The van der Waals surface area contributed by atoms with Gasteiger partial charge in [0.1, 0.15) is 0 Å². The first kappa shape index (κ1) is 12.4. The van der Waals surface area contributed by atoms with Gasteiger partial charge >= 0.3 is 0 Å². The molecule has 106 valence electrons. The molecule has 1 aromatic rings. The van der Waals surface area contributed by atoms with E-state index in [0.717, 1.165) is 23.1 Å². The molecule has 3 nitrogen and oxygen atoms in total. The zero-order valence-electron chi connectivity index (χ0n) is 11.8. The zero-order chi connectivity index (χ0) is 13.9. The van der Waals surface area contributed by atoms with Gasteiger partial charge in [-0.15, -0.1) is 0 Å². The van der Waals surface area contributed by atoms with Crippen LogP contribution in [0.2, 0.25) is 0 Å². The van der Waals surface area contributed by atoms with E-state index in [-0.39, 0.29) is 11.8 Å². The van der Waals surface area contributed by atoms with Gasteiger partial charge in [0.15, 0.2) is 0 Å². The van der Waals surface area contributed by atoms with Crippen LogP contribution < -0.4 is 5.32 Å². The van der Waals surface area contributed by atoms with Crippen molar-refractivity contribution in [2.75, 3.05) is 5.32 Å². The number of rotatable bonds is 3. The Morgan fingerprint density at radius 3 is 2.55 bits per heavy atom. The number of carbonyl (C=O) groups is 1. The lowest BCUT2D eigenvalue weighted by Crippen LogP contribution is -2.19. The third-order valence-corrected chi connectivity index (χ3v) is 5.71. The summed E-state index contributed by atoms with van der Waals surface area (Å²) in [5.41, 5.74) is 1.57. The second-order valence-electron chi connectivity index (χ2n) is 6.77. The maximum Gasteiger partial charge on any atom is 0.228 e. The summed E-state index contributed by atoms with van der Waals surface area (Å²) in [6.45, 7) is 1.73. The van der Waals surface area contributed by atoms with Gasteiger partial charge in [-0.2, -0.15) is 0 Å². The van der Waals surface area contributed by atoms with Crippen molar-refractivity contribution in [3.05, 3.63) is 29.8 Å². The molecule has 3 fully saturated rings. The molecule has 0 heterocycles. The maximum atomic E-state index is 12.5. The number of carbonyl (C=O) groups excluding carboxylic acids is 1. The van der Waals surface area contributed by atoms with Crippen LogP contribution in [-0.2, 0) is 4.79 Å². The van der Waals surface area contributed by atoms with Crippen LogP contribution in [0.4, 0.5) is 5.69 Å². The molecular weight excluding hydrogens is 250 g/mol. The molecule has 0 spiro atoms. The van der Waals surface area contributed by atoms with E-state index in [0.29, 0.717) is 11.8 Å². The van der Waals surface area contributed by atoms with Crippen molar-refractivity contribution in [2.24, 2.45) is 29.6 Å². The molecule has 3 saturated carbocycles. The molecule has 3 aliphatic rings. The molecule has 0 saturated heterocycles. The molecule has 1 amide bonds. The Morgan fingerprint density at radius 2 is 1.90 bits per heavy atom. The van der Waals surface area contributed by atoms with E-state index in [1.807, 2.05) is 24.3 Å². The van der Waals surface area contributed by atoms with E-state index in [4.69, 9.17) is 0 Å². The van der Waals surface area contributed by atoms with Gasteiger partial charge < -0.3 is 10.4 Å². The van der Waals surface area contributed by atoms with Crippen molar-refractivity contribution in [3.63, 3.8) is 0 Å². The fourth-order valence-electron chi connectivity index (χ4n) is 4.87. The number of benzene rings is 1. The van der Waals surface area contributed by atoms with E-state index in [2.05, 4.69) is 5.32 Å². The van der Waals surface area contributed by atoms with Crippen LogP contribution in [-0.4, -0.2) is 11.0 Å². The maximum absolute atomic E-state index is 12.5. The summed E-state index contributed by atoms with van der Waals surface area (Å²) in [6.07, 6.45) is 3.48. The van der Waals surface area contributed by atoms with Crippen molar-refractivity contribution in [1.82, 2.24) is 0 Å². The Bertz CT molecular complexity index is 538. The van der Waals surface area contributed by atoms with Gasteiger partial charge in [0.2, 0.25) is 5.91 Å². The van der Waals surface area contributed by atoms with E-state index in [1.165, 1.54) is 19.3 Å². The average Bonchev–Trinajstić information content (AvgIpc) is 2.88. The van der Waals surface area contributed by atoms with Gasteiger partial charge in [-0.3, -0.25) is 4.79 Å². The third-order valence-electron chi connectivity index (χ3n) is 5.71. The Balaban J connectivity index is 1.49.